The van der Waals surface area contributed by atoms with Crippen LogP contribution in [0.15, 0.2) is 91.0 Å². The van der Waals surface area contributed by atoms with E-state index in [0.717, 1.165) is 51.7 Å². The van der Waals surface area contributed by atoms with Gasteiger partial charge in [-0.3, -0.25) is 4.68 Å². The van der Waals surface area contributed by atoms with E-state index in [2.05, 4.69) is 18.2 Å². The zero-order valence-electron chi connectivity index (χ0n) is 22.9. The van der Waals surface area contributed by atoms with Crippen LogP contribution < -0.4 is 9.47 Å². The van der Waals surface area contributed by atoms with Crippen LogP contribution in [0.1, 0.15) is 35.4 Å². The van der Waals surface area contributed by atoms with Crippen LogP contribution >= 0.6 is 0 Å². The number of aromatic nitrogens is 3. The molecule has 0 saturated carbocycles. The zero-order valence-corrected chi connectivity index (χ0v) is 22.9. The molecule has 6 rings (SSSR count). The molecule has 1 aliphatic rings. The number of hydrogen-bond donors (Lipinski definition) is 1. The summed E-state index contributed by atoms with van der Waals surface area (Å²) in [6, 6.07) is 30.1. The second kappa shape index (κ2) is 11.7. The first-order valence-corrected chi connectivity index (χ1v) is 13.8. The van der Waals surface area contributed by atoms with Crippen molar-refractivity contribution in [3.8, 4) is 23.0 Å². The summed E-state index contributed by atoms with van der Waals surface area (Å²) < 4.78 is 14.2. The van der Waals surface area contributed by atoms with Crippen LogP contribution in [0.5, 0.6) is 11.8 Å². The molecule has 0 spiro atoms. The Hall–Kier alpha value is -4.85. The second-order valence-electron chi connectivity index (χ2n) is 10.4. The van der Waals surface area contributed by atoms with E-state index < -0.39 is 6.09 Å². The molecule has 5 aromatic rings. The van der Waals surface area contributed by atoms with Gasteiger partial charge >= 0.3 is 6.09 Å². The monoisotopic (exact) mass is 548 g/mol. The normalized spacial score (nSPS) is 15.1. The van der Waals surface area contributed by atoms with Gasteiger partial charge in [0.1, 0.15) is 18.9 Å². The fraction of sp³-hybridized carbons (Fsp3) is 0.242. The second-order valence-corrected chi connectivity index (χ2v) is 10.4. The first-order chi connectivity index (χ1) is 20.0. The molecular weight excluding hydrogens is 516 g/mol. The Bertz CT molecular complexity index is 1650. The number of amides is 1. The Kier molecular flexibility index (Phi) is 7.54. The number of benzene rings is 3. The van der Waals surface area contributed by atoms with Crippen molar-refractivity contribution in [2.24, 2.45) is 7.05 Å². The fourth-order valence-corrected chi connectivity index (χ4v) is 5.40. The van der Waals surface area contributed by atoms with E-state index in [0.29, 0.717) is 38.1 Å². The predicted molar refractivity (Wildman–Crippen MR) is 157 cm³/mol. The van der Waals surface area contributed by atoms with E-state index in [1.165, 1.54) is 4.90 Å². The summed E-state index contributed by atoms with van der Waals surface area (Å²) in [5.74, 6) is 1.09. The molecule has 8 heteroatoms. The van der Waals surface area contributed by atoms with Gasteiger partial charge in [0, 0.05) is 37.5 Å². The highest BCUT2D eigenvalue weighted by Crippen LogP contribution is 2.37. The number of nitrogens with zero attached hydrogens (tertiary/aromatic N) is 4. The van der Waals surface area contributed by atoms with Crippen molar-refractivity contribution in [3.05, 3.63) is 108 Å². The summed E-state index contributed by atoms with van der Waals surface area (Å²) in [6.45, 7) is 1.87. The summed E-state index contributed by atoms with van der Waals surface area (Å²) in [4.78, 5) is 17.8. The van der Waals surface area contributed by atoms with E-state index in [9.17, 15) is 9.90 Å². The van der Waals surface area contributed by atoms with Gasteiger partial charge in [0.05, 0.1) is 11.1 Å². The Labute approximate surface area is 238 Å². The summed E-state index contributed by atoms with van der Waals surface area (Å²) in [6.07, 6.45) is 0.967. The number of carbonyl (C=O) groups is 1. The van der Waals surface area contributed by atoms with Gasteiger partial charge in [-0.05, 0) is 41.7 Å². The maximum Gasteiger partial charge on any atom is 0.407 e. The van der Waals surface area contributed by atoms with Crippen molar-refractivity contribution in [2.45, 2.75) is 32.0 Å². The highest BCUT2D eigenvalue weighted by Gasteiger charge is 2.25. The van der Waals surface area contributed by atoms with Gasteiger partial charge in [-0.1, -0.05) is 72.8 Å². The highest BCUT2D eigenvalue weighted by molar-refractivity contribution is 5.95. The maximum absolute atomic E-state index is 11.6. The Morgan fingerprint density at radius 2 is 1.63 bits per heavy atom. The molecule has 0 bridgehead atoms. The molecule has 1 atom stereocenters. The average Bonchev–Trinajstić information content (AvgIpc) is 3.35. The number of fused-ring (bicyclic) bond motifs is 1. The highest BCUT2D eigenvalue weighted by atomic mass is 16.5. The number of rotatable bonds is 8. The van der Waals surface area contributed by atoms with Crippen molar-refractivity contribution >= 4 is 17.0 Å². The van der Waals surface area contributed by atoms with Crippen molar-refractivity contribution in [1.82, 2.24) is 19.7 Å². The van der Waals surface area contributed by atoms with Crippen LogP contribution in [0, 0.1) is 0 Å². The lowest BCUT2D eigenvalue weighted by Crippen LogP contribution is -2.38. The number of carboxylic acid groups (broad SMARTS) is 1. The molecule has 2 aromatic heterocycles. The number of piperidine rings is 1. The summed E-state index contributed by atoms with van der Waals surface area (Å²) in [7, 11) is 1.93. The molecule has 8 nitrogen and oxygen atoms in total. The van der Waals surface area contributed by atoms with E-state index in [4.69, 9.17) is 19.6 Å². The number of likely N-dealkylation sites (tertiary alicyclic amines) is 1. The molecule has 0 radical (unpaired) electrons. The number of pyridine rings is 1. The molecule has 1 amide bonds. The number of ether oxygens (including phenoxy) is 2. The van der Waals surface area contributed by atoms with Gasteiger partial charge in [-0.25, -0.2) is 4.79 Å². The van der Waals surface area contributed by atoms with E-state index in [1.807, 2.05) is 84.5 Å². The molecule has 3 aromatic carbocycles. The maximum atomic E-state index is 11.6. The molecule has 1 saturated heterocycles. The van der Waals surface area contributed by atoms with Gasteiger partial charge < -0.3 is 19.5 Å². The van der Waals surface area contributed by atoms with E-state index in [1.54, 1.807) is 0 Å². The van der Waals surface area contributed by atoms with Crippen molar-refractivity contribution in [2.75, 3.05) is 13.1 Å². The Balaban J connectivity index is 1.32. The number of aryl methyl sites for hydroxylation is 1. The lowest BCUT2D eigenvalue weighted by molar-refractivity contribution is 0.130. The van der Waals surface area contributed by atoms with Gasteiger partial charge in [0.25, 0.3) is 0 Å². The molecule has 3 heterocycles. The lowest BCUT2D eigenvalue weighted by Gasteiger charge is -2.31. The van der Waals surface area contributed by atoms with Crippen molar-refractivity contribution < 1.29 is 19.4 Å². The Morgan fingerprint density at radius 1 is 0.927 bits per heavy atom. The standard InChI is InChI=1S/C33H32N4O4/c1-36-29-19-25(26-13-8-18-37(20-26)33(38)39)14-15-27(29)31(35-36)28-16-17-30(40-21-23-9-4-2-5-10-23)34-32(28)41-22-24-11-6-3-7-12-24/h2-7,9-12,14-17,19,26H,8,13,18,20-22H2,1H3,(H,38,39)/t26-/m1/s1. The van der Waals surface area contributed by atoms with Gasteiger partial charge in [0.15, 0.2) is 0 Å². The minimum Gasteiger partial charge on any atom is -0.473 e. The largest absolute Gasteiger partial charge is 0.473 e. The third-order valence-corrected chi connectivity index (χ3v) is 7.58. The summed E-state index contributed by atoms with van der Waals surface area (Å²) >= 11 is 0. The van der Waals surface area contributed by atoms with Crippen LogP contribution in [0.3, 0.4) is 0 Å². The van der Waals surface area contributed by atoms with Crippen LogP contribution in [0.2, 0.25) is 0 Å². The molecule has 1 N–H and O–H groups in total. The third kappa shape index (κ3) is 5.87. The summed E-state index contributed by atoms with van der Waals surface area (Å²) in [5.41, 5.74) is 5.75. The molecule has 1 fully saturated rings. The average molecular weight is 549 g/mol. The SMILES string of the molecule is Cn1nc(-c2ccc(OCc3ccccc3)nc2OCc2ccccc2)c2ccc([C@@H]3CCCN(C(=O)O)C3)cc21. The molecule has 0 unspecified atom stereocenters. The molecule has 1 aliphatic heterocycles. The molecule has 208 valence electrons. The minimum absolute atomic E-state index is 0.162. The van der Waals surface area contributed by atoms with Crippen LogP contribution in [-0.4, -0.2) is 44.0 Å². The molecule has 0 aliphatic carbocycles. The molecular formula is C33H32N4O4. The quantitative estimate of drug-likeness (QED) is 0.234. The van der Waals surface area contributed by atoms with Crippen LogP contribution in [-0.2, 0) is 20.3 Å². The van der Waals surface area contributed by atoms with Gasteiger partial charge in [-0.2, -0.15) is 10.1 Å². The third-order valence-electron chi connectivity index (χ3n) is 7.58. The zero-order chi connectivity index (χ0) is 28.2. The smallest absolute Gasteiger partial charge is 0.407 e. The summed E-state index contributed by atoms with van der Waals surface area (Å²) in [5, 5.41) is 15.3. The van der Waals surface area contributed by atoms with Gasteiger partial charge in [0.2, 0.25) is 11.8 Å². The van der Waals surface area contributed by atoms with Gasteiger partial charge in [-0.15, -0.1) is 0 Å². The number of hydrogen-bond acceptors (Lipinski definition) is 5. The Morgan fingerprint density at radius 3 is 2.34 bits per heavy atom. The van der Waals surface area contributed by atoms with E-state index in [-0.39, 0.29) is 5.92 Å². The van der Waals surface area contributed by atoms with E-state index >= 15 is 0 Å². The predicted octanol–water partition coefficient (Wildman–Crippen LogP) is 6.65. The van der Waals surface area contributed by atoms with Crippen molar-refractivity contribution in [1.29, 1.82) is 0 Å². The van der Waals surface area contributed by atoms with Crippen LogP contribution in [0.25, 0.3) is 22.2 Å². The van der Waals surface area contributed by atoms with Crippen LogP contribution in [0.4, 0.5) is 4.79 Å². The first-order valence-electron chi connectivity index (χ1n) is 13.8. The molecule has 41 heavy (non-hydrogen) atoms. The first kappa shape index (κ1) is 26.4. The minimum atomic E-state index is -0.856. The van der Waals surface area contributed by atoms with Crippen molar-refractivity contribution in [3.63, 3.8) is 0 Å². The fourth-order valence-electron chi connectivity index (χ4n) is 5.40. The lowest BCUT2D eigenvalue weighted by atomic mass is 9.90. The topological polar surface area (TPSA) is 89.7 Å².